The van der Waals surface area contributed by atoms with Crippen molar-refractivity contribution in [3.63, 3.8) is 0 Å². The molecule has 1 rings (SSSR count). The molecule has 0 saturated carbocycles. The lowest BCUT2D eigenvalue weighted by Gasteiger charge is -2.24. The number of hydrogen-bond donors (Lipinski definition) is 4. The molecule has 0 aromatic heterocycles. The summed E-state index contributed by atoms with van der Waals surface area (Å²) in [6.45, 7) is 5.94. The zero-order valence-electron chi connectivity index (χ0n) is 11.3. The van der Waals surface area contributed by atoms with E-state index < -0.39 is 17.9 Å². The van der Waals surface area contributed by atoms with Crippen LogP contribution in [0.1, 0.15) is 33.6 Å². The number of amides is 1. The maximum atomic E-state index is 11.6. The Hall–Kier alpha value is -0.850. The third-order valence-electron chi connectivity index (χ3n) is 2.84. The average Bonchev–Trinajstić information content (AvgIpc) is 2.60. The number of nitrogens with one attached hydrogen (secondary N) is 2. The van der Waals surface area contributed by atoms with Gasteiger partial charge in [0.05, 0.1) is 12.6 Å². The highest BCUT2D eigenvalue weighted by molar-refractivity contribution is 5.68. The summed E-state index contributed by atoms with van der Waals surface area (Å²) in [7, 11) is 0. The average molecular weight is 260 g/mol. The van der Waals surface area contributed by atoms with E-state index in [0.29, 0.717) is 6.42 Å². The third kappa shape index (κ3) is 5.20. The van der Waals surface area contributed by atoms with E-state index in [1.165, 1.54) is 0 Å². The van der Waals surface area contributed by atoms with Crippen molar-refractivity contribution in [1.82, 2.24) is 10.6 Å². The van der Waals surface area contributed by atoms with Gasteiger partial charge in [0.1, 0.15) is 11.8 Å². The molecule has 1 aliphatic heterocycles. The zero-order valence-corrected chi connectivity index (χ0v) is 11.3. The lowest BCUT2D eigenvalue weighted by atomic mass is 9.98. The van der Waals surface area contributed by atoms with E-state index in [2.05, 4.69) is 10.6 Å². The highest BCUT2D eigenvalue weighted by Crippen LogP contribution is 2.19. The van der Waals surface area contributed by atoms with E-state index in [1.807, 2.05) is 0 Å². The van der Waals surface area contributed by atoms with Crippen molar-refractivity contribution in [2.45, 2.75) is 51.5 Å². The summed E-state index contributed by atoms with van der Waals surface area (Å²) in [5.74, 6) is 0.0529. The Morgan fingerprint density at radius 3 is 2.67 bits per heavy atom. The lowest BCUT2D eigenvalue weighted by Crippen LogP contribution is -2.43. The monoisotopic (exact) mass is 260 g/mol. The van der Waals surface area contributed by atoms with Crippen molar-refractivity contribution in [3.05, 3.63) is 0 Å². The minimum absolute atomic E-state index is 0.0529. The van der Waals surface area contributed by atoms with Gasteiger partial charge in [0.25, 0.3) is 0 Å². The van der Waals surface area contributed by atoms with Gasteiger partial charge in [-0.2, -0.15) is 0 Å². The minimum Gasteiger partial charge on any atom is -0.444 e. The molecule has 0 aliphatic carbocycles. The van der Waals surface area contributed by atoms with E-state index in [-0.39, 0.29) is 18.6 Å². The number of ether oxygens (including phenoxy) is 1. The molecule has 0 aromatic rings. The van der Waals surface area contributed by atoms with Gasteiger partial charge in [-0.25, -0.2) is 4.79 Å². The normalized spacial score (nSPS) is 25.8. The molecule has 3 atom stereocenters. The van der Waals surface area contributed by atoms with Gasteiger partial charge in [0.15, 0.2) is 0 Å². The van der Waals surface area contributed by atoms with Gasteiger partial charge in [-0.15, -0.1) is 0 Å². The highest BCUT2D eigenvalue weighted by atomic mass is 16.6. The van der Waals surface area contributed by atoms with E-state index in [0.717, 1.165) is 13.0 Å². The SMILES string of the molecule is CC(C)(C)OC(=O)NC(CO)CC1CCNC1O. The van der Waals surface area contributed by atoms with Gasteiger partial charge in [-0.3, -0.25) is 5.32 Å². The number of alkyl carbamates (subject to hydrolysis) is 1. The second-order valence-corrected chi connectivity index (χ2v) is 5.71. The number of carbonyl (C=O) groups excluding carboxylic acids is 1. The van der Waals surface area contributed by atoms with Gasteiger partial charge in [0, 0.05) is 5.92 Å². The Morgan fingerprint density at radius 1 is 1.56 bits per heavy atom. The molecule has 0 radical (unpaired) electrons. The van der Waals surface area contributed by atoms with Gasteiger partial charge in [0.2, 0.25) is 0 Å². The molecule has 6 nitrogen and oxygen atoms in total. The fourth-order valence-corrected chi connectivity index (χ4v) is 2.01. The van der Waals surface area contributed by atoms with Crippen LogP contribution >= 0.6 is 0 Å². The lowest BCUT2D eigenvalue weighted by molar-refractivity contribution is 0.0444. The fourth-order valence-electron chi connectivity index (χ4n) is 2.01. The Balaban J connectivity index is 2.39. The first kappa shape index (κ1) is 15.2. The van der Waals surface area contributed by atoms with Crippen LogP contribution in [0, 0.1) is 5.92 Å². The first-order valence-electron chi connectivity index (χ1n) is 6.33. The summed E-state index contributed by atoms with van der Waals surface area (Å²) in [6.07, 6.45) is 0.277. The number of aliphatic hydroxyl groups is 2. The standard InChI is InChI=1S/C12H24N2O4/c1-12(2,3)18-11(17)14-9(7-15)6-8-4-5-13-10(8)16/h8-10,13,15-16H,4-7H2,1-3H3,(H,14,17). The first-order valence-corrected chi connectivity index (χ1v) is 6.33. The molecule has 0 bridgehead atoms. The summed E-state index contributed by atoms with van der Waals surface area (Å²) in [5.41, 5.74) is -0.557. The maximum Gasteiger partial charge on any atom is 0.407 e. The van der Waals surface area contributed by atoms with Gasteiger partial charge >= 0.3 is 6.09 Å². The molecule has 4 N–H and O–H groups in total. The van der Waals surface area contributed by atoms with Gasteiger partial charge < -0.3 is 20.3 Å². The van der Waals surface area contributed by atoms with Crippen molar-refractivity contribution >= 4 is 6.09 Å². The topological polar surface area (TPSA) is 90.8 Å². The molecular weight excluding hydrogens is 236 g/mol. The predicted molar refractivity (Wildman–Crippen MR) is 67.0 cm³/mol. The predicted octanol–water partition coefficient (Wildman–Crippen LogP) is 0.190. The molecule has 3 unspecified atom stereocenters. The van der Waals surface area contributed by atoms with E-state index >= 15 is 0 Å². The smallest absolute Gasteiger partial charge is 0.407 e. The quantitative estimate of drug-likeness (QED) is 0.579. The molecule has 1 amide bonds. The van der Waals surface area contributed by atoms with Crippen LogP contribution < -0.4 is 10.6 Å². The van der Waals surface area contributed by atoms with E-state index in [4.69, 9.17) is 4.74 Å². The van der Waals surface area contributed by atoms with Crippen LogP contribution in [-0.4, -0.2) is 47.3 Å². The summed E-state index contributed by atoms with van der Waals surface area (Å²) >= 11 is 0. The van der Waals surface area contributed by atoms with Crippen molar-refractivity contribution in [1.29, 1.82) is 0 Å². The second-order valence-electron chi connectivity index (χ2n) is 5.71. The van der Waals surface area contributed by atoms with Crippen LogP contribution in [-0.2, 0) is 4.74 Å². The summed E-state index contributed by atoms with van der Waals surface area (Å²) < 4.78 is 5.12. The molecule has 106 valence electrons. The van der Waals surface area contributed by atoms with Crippen LogP contribution in [0.2, 0.25) is 0 Å². The van der Waals surface area contributed by atoms with Gasteiger partial charge in [-0.05, 0) is 40.2 Å². The first-order chi connectivity index (χ1) is 8.31. The molecule has 18 heavy (non-hydrogen) atoms. The van der Waals surface area contributed by atoms with Crippen molar-refractivity contribution in [2.75, 3.05) is 13.2 Å². The molecule has 0 spiro atoms. The third-order valence-corrected chi connectivity index (χ3v) is 2.84. The van der Waals surface area contributed by atoms with Gasteiger partial charge in [-0.1, -0.05) is 0 Å². The number of carbonyl (C=O) groups is 1. The summed E-state index contributed by atoms with van der Waals surface area (Å²) in [6, 6.07) is -0.389. The van der Waals surface area contributed by atoms with Crippen molar-refractivity contribution in [2.24, 2.45) is 5.92 Å². The van der Waals surface area contributed by atoms with Crippen LogP contribution in [0.3, 0.4) is 0 Å². The number of aliphatic hydroxyl groups excluding tert-OH is 2. The molecule has 1 saturated heterocycles. The van der Waals surface area contributed by atoms with Crippen LogP contribution in [0.25, 0.3) is 0 Å². The zero-order chi connectivity index (χ0) is 13.8. The summed E-state index contributed by atoms with van der Waals surface area (Å²) in [5, 5.41) is 24.4. The Morgan fingerprint density at radius 2 is 2.22 bits per heavy atom. The van der Waals surface area contributed by atoms with Crippen LogP contribution in [0.4, 0.5) is 4.79 Å². The molecule has 6 heteroatoms. The second kappa shape index (κ2) is 6.36. The van der Waals surface area contributed by atoms with Crippen molar-refractivity contribution < 1.29 is 19.7 Å². The van der Waals surface area contributed by atoms with E-state index in [1.54, 1.807) is 20.8 Å². The van der Waals surface area contributed by atoms with E-state index in [9.17, 15) is 15.0 Å². The van der Waals surface area contributed by atoms with Crippen LogP contribution in [0.5, 0.6) is 0 Å². The molecule has 1 aliphatic rings. The minimum atomic E-state index is -0.557. The highest BCUT2D eigenvalue weighted by Gasteiger charge is 2.28. The van der Waals surface area contributed by atoms with Crippen LogP contribution in [0.15, 0.2) is 0 Å². The molecule has 1 fully saturated rings. The Bertz CT molecular complexity index is 278. The molecule has 1 heterocycles. The number of hydrogen-bond acceptors (Lipinski definition) is 5. The number of rotatable bonds is 4. The maximum absolute atomic E-state index is 11.6. The fraction of sp³-hybridized carbons (Fsp3) is 0.917. The largest absolute Gasteiger partial charge is 0.444 e. The summed E-state index contributed by atoms with van der Waals surface area (Å²) in [4.78, 5) is 11.6. The molecular formula is C12H24N2O4. The Labute approximate surface area is 108 Å². The molecule has 0 aromatic carbocycles. The Kier molecular flexibility index (Phi) is 5.37. The van der Waals surface area contributed by atoms with Crippen molar-refractivity contribution in [3.8, 4) is 0 Å².